The fourth-order valence-electron chi connectivity index (χ4n) is 7.31. The number of imidazole rings is 1. The van der Waals surface area contributed by atoms with Crippen LogP contribution < -0.4 is 4.57 Å². The van der Waals surface area contributed by atoms with Crippen LogP contribution in [-0.4, -0.2) is 4.98 Å². The van der Waals surface area contributed by atoms with Gasteiger partial charge in [-0.2, -0.15) is 0 Å². The Morgan fingerprint density at radius 3 is 1.09 bits per heavy atom. The van der Waals surface area contributed by atoms with E-state index >= 15 is 0 Å². The van der Waals surface area contributed by atoms with E-state index in [1.165, 1.54) is 218 Å². The second-order valence-corrected chi connectivity index (χ2v) is 14.7. The molecule has 1 aromatic rings. The molecule has 2 nitrogen and oxygen atoms in total. The topological polar surface area (TPSA) is 19.7 Å². The van der Waals surface area contributed by atoms with E-state index in [-0.39, 0.29) is 0 Å². The number of H-pyrrole nitrogens is 1. The van der Waals surface area contributed by atoms with Gasteiger partial charge in [0.05, 0.1) is 12.0 Å². The maximum atomic E-state index is 3.73. The highest BCUT2D eigenvalue weighted by Crippen LogP contribution is 2.27. The highest BCUT2D eigenvalue weighted by atomic mass is 15.1. The van der Waals surface area contributed by atoms with Crippen LogP contribution >= 0.6 is 0 Å². The van der Waals surface area contributed by atoms with Crippen molar-refractivity contribution in [1.29, 1.82) is 0 Å². The molecular formula is C42H83N2+. The lowest BCUT2D eigenvalue weighted by molar-refractivity contribution is -0.727. The monoisotopic (exact) mass is 616 g/mol. The van der Waals surface area contributed by atoms with Crippen LogP contribution in [0.15, 0.2) is 12.4 Å². The van der Waals surface area contributed by atoms with Gasteiger partial charge < -0.3 is 0 Å². The van der Waals surface area contributed by atoms with Gasteiger partial charge in [-0.25, -0.2) is 9.55 Å². The van der Waals surface area contributed by atoms with Crippen molar-refractivity contribution in [3.63, 3.8) is 0 Å². The van der Waals surface area contributed by atoms with Crippen molar-refractivity contribution in [2.45, 2.75) is 252 Å². The number of nitrogens with one attached hydrogen (secondary N) is 1. The summed E-state index contributed by atoms with van der Waals surface area (Å²) >= 11 is 0. The van der Waals surface area contributed by atoms with E-state index in [0.29, 0.717) is 12.0 Å². The lowest BCUT2D eigenvalue weighted by Gasteiger charge is -2.17. The van der Waals surface area contributed by atoms with Gasteiger partial charge in [-0.15, -0.1) is 0 Å². The number of hydrogen-bond donors (Lipinski definition) is 1. The van der Waals surface area contributed by atoms with Crippen molar-refractivity contribution in [3.8, 4) is 0 Å². The molecule has 0 bridgehead atoms. The summed E-state index contributed by atoms with van der Waals surface area (Å²) in [5.74, 6) is 2.24. The Morgan fingerprint density at radius 1 is 0.432 bits per heavy atom. The zero-order chi connectivity index (χ0) is 31.8. The van der Waals surface area contributed by atoms with Crippen molar-refractivity contribution in [2.24, 2.45) is 0 Å². The van der Waals surface area contributed by atoms with Gasteiger partial charge in [0, 0.05) is 0 Å². The third kappa shape index (κ3) is 23.5. The van der Waals surface area contributed by atoms with Crippen molar-refractivity contribution in [3.05, 3.63) is 18.2 Å². The molecule has 1 N–H and O–H groups in total. The third-order valence-corrected chi connectivity index (χ3v) is 10.4. The molecule has 0 aromatic carbocycles. The number of aromatic nitrogens is 2. The Labute approximate surface area is 278 Å². The quantitative estimate of drug-likeness (QED) is 0.0579. The Bertz CT molecular complexity index is 679. The first-order valence-electron chi connectivity index (χ1n) is 20.8. The normalized spacial score (nSPS) is 13.1. The molecule has 2 unspecified atom stereocenters. The minimum absolute atomic E-state index is 0.620. The first-order valence-corrected chi connectivity index (χ1v) is 20.8. The predicted octanol–water partition coefficient (Wildman–Crippen LogP) is 14.9. The molecule has 44 heavy (non-hydrogen) atoms. The van der Waals surface area contributed by atoms with E-state index in [0.717, 1.165) is 0 Å². The molecule has 0 aliphatic carbocycles. The van der Waals surface area contributed by atoms with Gasteiger partial charge in [-0.05, 0) is 32.6 Å². The Morgan fingerprint density at radius 2 is 0.727 bits per heavy atom. The summed E-state index contributed by atoms with van der Waals surface area (Å²) in [4.78, 5) is 3.73. The van der Waals surface area contributed by atoms with E-state index in [2.05, 4.69) is 49.6 Å². The zero-order valence-electron chi connectivity index (χ0n) is 31.1. The van der Waals surface area contributed by atoms with Gasteiger partial charge in [-0.3, -0.25) is 0 Å². The highest BCUT2D eigenvalue weighted by Gasteiger charge is 2.25. The van der Waals surface area contributed by atoms with Gasteiger partial charge in [0.1, 0.15) is 12.4 Å². The van der Waals surface area contributed by atoms with Gasteiger partial charge >= 0.3 is 0 Å². The SMILES string of the molecule is CCCCCCCCCCCCCCCCCCCC(CCCCCC)c1[nH]cc[n+]1C(C)CCCCCCCCCCC. The average Bonchev–Trinajstić information content (AvgIpc) is 3.53. The van der Waals surface area contributed by atoms with E-state index in [4.69, 9.17) is 0 Å². The molecular weight excluding hydrogens is 532 g/mol. The lowest BCUT2D eigenvalue weighted by Crippen LogP contribution is -2.41. The zero-order valence-corrected chi connectivity index (χ0v) is 31.1. The van der Waals surface area contributed by atoms with Crippen molar-refractivity contribution in [1.82, 2.24) is 4.98 Å². The number of nitrogens with zero attached hydrogens (tertiary/aromatic N) is 1. The van der Waals surface area contributed by atoms with Gasteiger partial charge in [0.25, 0.3) is 5.82 Å². The van der Waals surface area contributed by atoms with E-state index < -0.39 is 0 Å². The molecule has 0 aliphatic heterocycles. The molecule has 1 rings (SSSR count). The minimum Gasteiger partial charge on any atom is -0.247 e. The number of aromatic amines is 1. The lowest BCUT2D eigenvalue weighted by atomic mass is 9.93. The molecule has 2 heteroatoms. The summed E-state index contributed by atoms with van der Waals surface area (Å²) in [6, 6.07) is 0.620. The molecule has 0 aliphatic rings. The molecule has 0 spiro atoms. The van der Waals surface area contributed by atoms with Crippen LogP contribution in [-0.2, 0) is 0 Å². The third-order valence-electron chi connectivity index (χ3n) is 10.4. The predicted molar refractivity (Wildman–Crippen MR) is 198 cm³/mol. The Hall–Kier alpha value is -0.790. The molecule has 0 saturated carbocycles. The van der Waals surface area contributed by atoms with Crippen molar-refractivity contribution >= 4 is 0 Å². The van der Waals surface area contributed by atoms with E-state index in [1.807, 2.05) is 0 Å². The summed E-state index contributed by atoms with van der Waals surface area (Å²) in [5.41, 5.74) is 0. The number of hydrogen-bond acceptors (Lipinski definition) is 0. The maximum Gasteiger partial charge on any atom is 0.257 e. The van der Waals surface area contributed by atoms with Crippen LogP contribution in [0.3, 0.4) is 0 Å². The van der Waals surface area contributed by atoms with Crippen molar-refractivity contribution < 1.29 is 4.57 Å². The fourth-order valence-corrected chi connectivity index (χ4v) is 7.31. The molecule has 260 valence electrons. The first-order chi connectivity index (χ1) is 21.7. The first kappa shape index (κ1) is 41.2. The summed E-state index contributed by atoms with van der Waals surface area (Å²) in [5, 5.41) is 0. The molecule has 2 atom stereocenters. The molecule has 0 radical (unpaired) electrons. The molecule has 1 heterocycles. The van der Waals surface area contributed by atoms with Crippen LogP contribution in [0.2, 0.25) is 0 Å². The standard InChI is InChI=1S/C42H82N2/c1-5-8-11-14-16-18-19-20-21-22-23-24-25-27-29-31-34-37-41(36-33-13-10-7-3)42-43-38-39-44(42)40(4)35-32-30-28-26-17-15-12-9-6-2/h38-41H,5-37H2,1-4H3/p+1. The van der Waals surface area contributed by atoms with Crippen LogP contribution in [0.4, 0.5) is 0 Å². The molecule has 0 saturated heterocycles. The van der Waals surface area contributed by atoms with E-state index in [1.54, 1.807) is 0 Å². The molecule has 0 amide bonds. The fraction of sp³-hybridized carbons (Fsp3) is 0.929. The number of rotatable bonds is 35. The second kappa shape index (κ2) is 32.2. The molecule has 1 aromatic heterocycles. The van der Waals surface area contributed by atoms with Crippen LogP contribution in [0, 0.1) is 0 Å². The highest BCUT2D eigenvalue weighted by molar-refractivity contribution is 4.90. The Balaban J connectivity index is 2.23. The van der Waals surface area contributed by atoms with Crippen molar-refractivity contribution in [2.75, 3.05) is 0 Å². The summed E-state index contributed by atoms with van der Waals surface area (Å²) < 4.78 is 2.63. The van der Waals surface area contributed by atoms with Crippen LogP contribution in [0.5, 0.6) is 0 Å². The van der Waals surface area contributed by atoms with Gasteiger partial charge in [0.15, 0.2) is 0 Å². The van der Waals surface area contributed by atoms with Gasteiger partial charge in [-0.1, -0.05) is 207 Å². The maximum absolute atomic E-state index is 3.73. The number of unbranched alkanes of at least 4 members (excludes halogenated alkanes) is 27. The average molecular weight is 616 g/mol. The van der Waals surface area contributed by atoms with E-state index in [9.17, 15) is 0 Å². The summed E-state index contributed by atoms with van der Waals surface area (Å²) in [7, 11) is 0. The molecule has 0 fully saturated rings. The largest absolute Gasteiger partial charge is 0.257 e. The minimum atomic E-state index is 0.620. The smallest absolute Gasteiger partial charge is 0.247 e. The summed E-state index contributed by atoms with van der Waals surface area (Å²) in [6.45, 7) is 9.42. The Kier molecular flexibility index (Phi) is 30.1. The second-order valence-electron chi connectivity index (χ2n) is 14.7. The van der Waals surface area contributed by atoms with Crippen LogP contribution in [0.25, 0.3) is 0 Å². The van der Waals surface area contributed by atoms with Gasteiger partial charge in [0.2, 0.25) is 0 Å². The summed E-state index contributed by atoms with van der Waals surface area (Å²) in [6.07, 6.45) is 51.7. The van der Waals surface area contributed by atoms with Crippen LogP contribution in [0.1, 0.15) is 257 Å².